The maximum Gasteiger partial charge on any atom is 0.250 e. The SMILES string of the molecule is CCOC(=O)c1[c-]c(I)cc(I)c1.[Zn]. The second-order valence-electron chi connectivity index (χ2n) is 2.28. The summed E-state index contributed by atoms with van der Waals surface area (Å²) in [6.07, 6.45) is 0. The van der Waals surface area contributed by atoms with E-state index in [1.807, 2.05) is 6.07 Å². The standard InChI is InChI=1S/C9H7I2O2.Zn/c1-2-13-9(12)6-3-7(10)5-8(11)4-6;/h3,5H,2H2,1H3;/q-1;. The number of esters is 1. The van der Waals surface area contributed by atoms with Gasteiger partial charge in [-0.25, -0.2) is 0 Å². The molecule has 0 fully saturated rings. The van der Waals surface area contributed by atoms with Crippen molar-refractivity contribution in [3.63, 3.8) is 0 Å². The summed E-state index contributed by atoms with van der Waals surface area (Å²) in [6, 6.07) is 6.65. The minimum atomic E-state index is -0.307. The molecule has 0 radical (unpaired) electrons. The van der Waals surface area contributed by atoms with Gasteiger partial charge in [0, 0.05) is 19.5 Å². The second kappa shape index (κ2) is 7.11. The summed E-state index contributed by atoms with van der Waals surface area (Å²) < 4.78 is 6.80. The summed E-state index contributed by atoms with van der Waals surface area (Å²) in [5.41, 5.74) is 0.498. The molecule has 0 aliphatic carbocycles. The van der Waals surface area contributed by atoms with Crippen LogP contribution in [0, 0.1) is 13.2 Å². The van der Waals surface area contributed by atoms with Gasteiger partial charge in [0.2, 0.25) is 5.97 Å². The molecule has 0 saturated heterocycles. The van der Waals surface area contributed by atoms with E-state index < -0.39 is 0 Å². The fourth-order valence-corrected chi connectivity index (χ4v) is 2.66. The molecular formula is C9H7I2O2Zn-. The van der Waals surface area contributed by atoms with E-state index in [1.54, 1.807) is 13.0 Å². The van der Waals surface area contributed by atoms with E-state index in [-0.39, 0.29) is 25.4 Å². The Labute approximate surface area is 123 Å². The van der Waals surface area contributed by atoms with E-state index in [0.717, 1.165) is 7.14 Å². The van der Waals surface area contributed by atoms with Crippen LogP contribution in [0.25, 0.3) is 0 Å². The molecule has 0 aliphatic rings. The molecule has 1 aromatic rings. The van der Waals surface area contributed by atoms with Crippen molar-refractivity contribution in [3.8, 4) is 0 Å². The first kappa shape index (κ1) is 14.8. The van der Waals surface area contributed by atoms with Crippen LogP contribution in [-0.4, -0.2) is 12.6 Å². The van der Waals surface area contributed by atoms with Crippen molar-refractivity contribution >= 4 is 51.2 Å². The summed E-state index contributed by atoms with van der Waals surface area (Å²) >= 11 is 4.28. The fraction of sp³-hybridized carbons (Fsp3) is 0.222. The van der Waals surface area contributed by atoms with E-state index in [9.17, 15) is 4.79 Å². The molecule has 0 atom stereocenters. The van der Waals surface area contributed by atoms with Gasteiger partial charge in [-0.05, 0) is 6.92 Å². The van der Waals surface area contributed by atoms with Crippen LogP contribution in [0.3, 0.4) is 0 Å². The van der Waals surface area contributed by atoms with Crippen molar-refractivity contribution in [2.45, 2.75) is 6.92 Å². The second-order valence-corrected chi connectivity index (χ2v) is 4.69. The summed E-state index contributed by atoms with van der Waals surface area (Å²) in [6.45, 7) is 2.19. The Bertz CT molecular complexity index is 308. The topological polar surface area (TPSA) is 26.3 Å². The number of hydrogen-bond acceptors (Lipinski definition) is 2. The van der Waals surface area contributed by atoms with Gasteiger partial charge in [0.25, 0.3) is 0 Å². The number of carbonyl (C=O) groups excluding carboxylic acids is 1. The average Bonchev–Trinajstić information content (AvgIpc) is 2.03. The fourth-order valence-electron chi connectivity index (χ4n) is 0.820. The Kier molecular flexibility index (Phi) is 7.51. The van der Waals surface area contributed by atoms with E-state index in [0.29, 0.717) is 12.2 Å². The molecule has 0 saturated carbocycles. The van der Waals surface area contributed by atoms with E-state index >= 15 is 0 Å². The van der Waals surface area contributed by atoms with Crippen LogP contribution in [0.15, 0.2) is 12.1 Å². The maximum atomic E-state index is 11.3. The molecule has 0 N–H and O–H groups in total. The molecule has 0 bridgehead atoms. The minimum Gasteiger partial charge on any atom is -0.506 e. The van der Waals surface area contributed by atoms with Crippen molar-refractivity contribution in [1.82, 2.24) is 0 Å². The molecule has 0 heterocycles. The number of halogens is 2. The zero-order valence-electron chi connectivity index (χ0n) is 7.64. The van der Waals surface area contributed by atoms with Crippen LogP contribution >= 0.6 is 45.2 Å². The first-order valence-corrected chi connectivity index (χ1v) is 5.84. The summed E-state index contributed by atoms with van der Waals surface area (Å²) in [7, 11) is 0. The Morgan fingerprint density at radius 3 is 2.64 bits per heavy atom. The van der Waals surface area contributed by atoms with Crippen molar-refractivity contribution in [2.24, 2.45) is 0 Å². The first-order valence-electron chi connectivity index (χ1n) is 3.69. The molecule has 1 aromatic carbocycles. The molecule has 2 nitrogen and oxygen atoms in total. The molecule has 0 aliphatic heterocycles. The van der Waals surface area contributed by atoms with Crippen LogP contribution in [0.5, 0.6) is 0 Å². The Morgan fingerprint density at radius 2 is 2.14 bits per heavy atom. The van der Waals surface area contributed by atoms with Gasteiger partial charge in [-0.2, -0.15) is 0 Å². The van der Waals surface area contributed by atoms with E-state index in [4.69, 9.17) is 4.74 Å². The summed E-state index contributed by atoms with van der Waals surface area (Å²) in [5, 5.41) is 0. The third kappa shape index (κ3) is 4.53. The minimum absolute atomic E-state index is 0. The quantitative estimate of drug-likeness (QED) is 0.290. The monoisotopic (exact) mass is 465 g/mol. The predicted molar refractivity (Wildman–Crippen MR) is 66.7 cm³/mol. The van der Waals surface area contributed by atoms with E-state index in [2.05, 4.69) is 51.2 Å². The average molecular weight is 466 g/mol. The molecular weight excluding hydrogens is 459 g/mol. The number of benzene rings is 1. The third-order valence-corrected chi connectivity index (χ3v) is 2.50. The maximum absolute atomic E-state index is 11.3. The van der Waals surface area contributed by atoms with Gasteiger partial charge in [-0.1, -0.05) is 57.9 Å². The van der Waals surface area contributed by atoms with Gasteiger partial charge in [0.15, 0.2) is 0 Å². The Morgan fingerprint density at radius 1 is 1.50 bits per heavy atom. The van der Waals surface area contributed by atoms with Crippen LogP contribution in [0.1, 0.15) is 17.3 Å². The van der Waals surface area contributed by atoms with Crippen molar-refractivity contribution in [2.75, 3.05) is 6.61 Å². The number of ether oxygens (including phenoxy) is 1. The number of carbonyl (C=O) groups is 1. The van der Waals surface area contributed by atoms with Gasteiger partial charge < -0.3 is 9.53 Å². The van der Waals surface area contributed by atoms with Gasteiger partial charge in [-0.15, -0.1) is 18.2 Å². The predicted octanol–water partition coefficient (Wildman–Crippen LogP) is 2.87. The summed E-state index contributed by atoms with van der Waals surface area (Å²) in [4.78, 5) is 11.3. The molecule has 14 heavy (non-hydrogen) atoms. The smallest absolute Gasteiger partial charge is 0.250 e. The third-order valence-electron chi connectivity index (χ3n) is 1.30. The van der Waals surface area contributed by atoms with Crippen molar-refractivity contribution in [3.05, 3.63) is 30.9 Å². The molecule has 5 heteroatoms. The number of rotatable bonds is 2. The molecule has 0 aromatic heterocycles. The van der Waals surface area contributed by atoms with Crippen LogP contribution in [0.2, 0.25) is 0 Å². The Hall–Kier alpha value is 0.773. The number of hydrogen-bond donors (Lipinski definition) is 0. The van der Waals surface area contributed by atoms with Gasteiger partial charge in [0.1, 0.15) is 0 Å². The van der Waals surface area contributed by atoms with Crippen LogP contribution in [0.4, 0.5) is 0 Å². The van der Waals surface area contributed by atoms with Gasteiger partial charge in [0.05, 0.1) is 6.61 Å². The van der Waals surface area contributed by atoms with E-state index in [1.165, 1.54) is 0 Å². The molecule has 0 spiro atoms. The van der Waals surface area contributed by atoms with Gasteiger partial charge >= 0.3 is 0 Å². The zero-order valence-corrected chi connectivity index (χ0v) is 14.9. The van der Waals surface area contributed by atoms with Crippen LogP contribution in [-0.2, 0) is 24.2 Å². The molecule has 1 rings (SSSR count). The van der Waals surface area contributed by atoms with Crippen molar-refractivity contribution in [1.29, 1.82) is 0 Å². The zero-order chi connectivity index (χ0) is 9.84. The van der Waals surface area contributed by atoms with Crippen LogP contribution < -0.4 is 0 Å². The summed E-state index contributed by atoms with van der Waals surface area (Å²) in [5.74, 6) is -0.307. The Balaban J connectivity index is 0.00000169. The molecule has 72 valence electrons. The molecule has 0 amide bonds. The normalized spacial score (nSPS) is 9.07. The largest absolute Gasteiger partial charge is 0.506 e. The first-order chi connectivity index (χ1) is 6.13. The van der Waals surface area contributed by atoms with Crippen molar-refractivity contribution < 1.29 is 29.0 Å². The molecule has 0 unspecified atom stereocenters. The van der Waals surface area contributed by atoms with Gasteiger partial charge in [-0.3, -0.25) is 0 Å².